The van der Waals surface area contributed by atoms with Crippen LogP contribution in [0.3, 0.4) is 0 Å². The van der Waals surface area contributed by atoms with E-state index in [1.807, 2.05) is 0 Å². The first-order chi connectivity index (χ1) is 8.67. The second-order valence-corrected chi connectivity index (χ2v) is 8.19. The first-order valence-corrected chi connectivity index (χ1v) is 7.56. The molecule has 0 aromatic rings. The second-order valence-electron chi connectivity index (χ2n) is 8.19. The summed E-state index contributed by atoms with van der Waals surface area (Å²) in [5.41, 5.74) is 0.136. The van der Waals surface area contributed by atoms with Gasteiger partial charge >= 0.3 is 0 Å². The summed E-state index contributed by atoms with van der Waals surface area (Å²) in [7, 11) is 0. The molecule has 2 nitrogen and oxygen atoms in total. The lowest BCUT2D eigenvalue weighted by Crippen LogP contribution is -2.57. The summed E-state index contributed by atoms with van der Waals surface area (Å²) in [5.74, 6) is 2.44. The highest BCUT2D eigenvalue weighted by atomic mass is 16.5. The molecule has 0 aromatic carbocycles. The molecule has 0 unspecified atom stereocenters. The van der Waals surface area contributed by atoms with Crippen LogP contribution in [-0.4, -0.2) is 11.4 Å². The van der Waals surface area contributed by atoms with E-state index in [9.17, 15) is 4.79 Å². The van der Waals surface area contributed by atoms with Gasteiger partial charge in [0.1, 0.15) is 11.4 Å². The number of ether oxygens (including phenoxy) is 1. The smallest absolute Gasteiger partial charge is 0.134 e. The van der Waals surface area contributed by atoms with E-state index in [-0.39, 0.29) is 16.4 Å². The molecular formula is C17H26O2. The molecule has 2 saturated carbocycles. The third kappa shape index (κ3) is 1.71. The number of carbonyl (C=O) groups excluding carboxylic acids is 1. The highest BCUT2D eigenvalue weighted by Gasteiger charge is 2.62. The Morgan fingerprint density at radius 2 is 1.84 bits per heavy atom. The molecule has 2 heteroatoms. The second kappa shape index (κ2) is 3.65. The maximum absolute atomic E-state index is 12.2. The molecule has 0 radical (unpaired) electrons. The van der Waals surface area contributed by atoms with Gasteiger partial charge in [0.05, 0.1) is 5.76 Å². The van der Waals surface area contributed by atoms with Gasteiger partial charge in [0.2, 0.25) is 0 Å². The first kappa shape index (κ1) is 13.2. The Labute approximate surface area is 116 Å². The average molecular weight is 262 g/mol. The van der Waals surface area contributed by atoms with Crippen LogP contribution in [0, 0.1) is 22.7 Å². The van der Waals surface area contributed by atoms with Crippen molar-refractivity contribution in [1.82, 2.24) is 0 Å². The summed E-state index contributed by atoms with van der Waals surface area (Å²) in [6.45, 7) is 13.2. The van der Waals surface area contributed by atoms with Crippen LogP contribution < -0.4 is 0 Å². The van der Waals surface area contributed by atoms with Crippen molar-refractivity contribution < 1.29 is 9.53 Å². The zero-order valence-corrected chi connectivity index (χ0v) is 12.7. The highest BCUT2D eigenvalue weighted by Crippen LogP contribution is 2.65. The predicted octanol–water partition coefficient (Wildman–Crippen LogP) is 4.10. The normalized spacial score (nSPS) is 48.4. The fourth-order valence-corrected chi connectivity index (χ4v) is 5.69. The number of rotatable bonds is 0. The van der Waals surface area contributed by atoms with Crippen molar-refractivity contribution in [2.45, 2.75) is 65.4 Å². The van der Waals surface area contributed by atoms with Crippen molar-refractivity contribution in [3.05, 3.63) is 12.3 Å². The van der Waals surface area contributed by atoms with Gasteiger partial charge in [-0.25, -0.2) is 0 Å². The molecule has 2 aliphatic carbocycles. The van der Waals surface area contributed by atoms with Gasteiger partial charge in [0.25, 0.3) is 0 Å². The number of hydrogen-bond donors (Lipinski definition) is 0. The number of ketones is 1. The minimum Gasteiger partial charge on any atom is -0.492 e. The van der Waals surface area contributed by atoms with Crippen molar-refractivity contribution in [1.29, 1.82) is 0 Å². The Balaban J connectivity index is 2.04. The molecule has 0 spiro atoms. The topological polar surface area (TPSA) is 26.3 Å². The summed E-state index contributed by atoms with van der Waals surface area (Å²) >= 11 is 0. The Kier molecular flexibility index (Phi) is 2.54. The number of hydrogen-bond acceptors (Lipinski definition) is 2. The molecular weight excluding hydrogens is 236 g/mol. The SMILES string of the molecule is C=C1C[C@@H]2[C@@]3(C)CC(=O)CC(C)(C)[C@@H]3CC[C@@]2(C)O1. The lowest BCUT2D eigenvalue weighted by molar-refractivity contribution is -0.159. The Morgan fingerprint density at radius 1 is 1.16 bits per heavy atom. The van der Waals surface area contributed by atoms with E-state index < -0.39 is 0 Å². The third-order valence-electron chi connectivity index (χ3n) is 6.24. The average Bonchev–Trinajstić information content (AvgIpc) is 2.51. The van der Waals surface area contributed by atoms with Crippen LogP contribution in [0.5, 0.6) is 0 Å². The van der Waals surface area contributed by atoms with E-state index in [0.29, 0.717) is 17.6 Å². The van der Waals surface area contributed by atoms with E-state index in [2.05, 4.69) is 34.3 Å². The zero-order chi connectivity index (χ0) is 14.1. The van der Waals surface area contributed by atoms with Crippen LogP contribution in [0.4, 0.5) is 0 Å². The van der Waals surface area contributed by atoms with E-state index >= 15 is 0 Å². The monoisotopic (exact) mass is 262 g/mol. The third-order valence-corrected chi connectivity index (χ3v) is 6.24. The van der Waals surface area contributed by atoms with Crippen LogP contribution >= 0.6 is 0 Å². The minimum atomic E-state index is -0.0873. The summed E-state index contributed by atoms with van der Waals surface area (Å²) in [5, 5.41) is 0. The zero-order valence-electron chi connectivity index (χ0n) is 12.7. The molecule has 1 heterocycles. The van der Waals surface area contributed by atoms with Crippen LogP contribution in [0.2, 0.25) is 0 Å². The summed E-state index contributed by atoms with van der Waals surface area (Å²) in [4.78, 5) is 12.2. The molecule has 0 aromatic heterocycles. The molecule has 0 bridgehead atoms. The van der Waals surface area contributed by atoms with E-state index in [1.165, 1.54) is 6.42 Å². The number of Topliss-reactive ketones (excluding diaryl/α,β-unsaturated/α-hetero) is 1. The molecule has 0 amide bonds. The number of allylic oxidation sites excluding steroid dienone is 1. The number of carbonyl (C=O) groups is 1. The lowest BCUT2D eigenvalue weighted by Gasteiger charge is -2.59. The van der Waals surface area contributed by atoms with Crippen LogP contribution in [0.15, 0.2) is 12.3 Å². The molecule has 3 aliphatic rings. The predicted molar refractivity (Wildman–Crippen MR) is 75.6 cm³/mol. The van der Waals surface area contributed by atoms with E-state index in [1.54, 1.807) is 0 Å². The standard InChI is InChI=1S/C17H26O2/c1-11-8-14-16(4)10-12(18)9-15(2,3)13(16)6-7-17(14,5)19-11/h13-14H,1,6-10H2,2-5H3/t13-,14+,16-,17+/m0/s1. The van der Waals surface area contributed by atoms with Gasteiger partial charge < -0.3 is 4.74 Å². The van der Waals surface area contributed by atoms with Crippen LogP contribution in [0.1, 0.15) is 59.8 Å². The Morgan fingerprint density at radius 3 is 2.53 bits per heavy atom. The lowest BCUT2D eigenvalue weighted by atomic mass is 9.45. The van der Waals surface area contributed by atoms with Gasteiger partial charge in [0, 0.05) is 25.2 Å². The maximum atomic E-state index is 12.2. The van der Waals surface area contributed by atoms with Crippen LogP contribution in [0.25, 0.3) is 0 Å². The van der Waals surface area contributed by atoms with Gasteiger partial charge in [-0.3, -0.25) is 4.79 Å². The largest absolute Gasteiger partial charge is 0.492 e. The fraction of sp³-hybridized carbons (Fsp3) is 0.824. The Bertz CT molecular complexity index is 450. The first-order valence-electron chi connectivity index (χ1n) is 7.56. The van der Waals surface area contributed by atoms with Gasteiger partial charge in [0.15, 0.2) is 0 Å². The fourth-order valence-electron chi connectivity index (χ4n) is 5.69. The number of fused-ring (bicyclic) bond motifs is 3. The molecule has 1 saturated heterocycles. The quantitative estimate of drug-likeness (QED) is 0.657. The molecule has 19 heavy (non-hydrogen) atoms. The molecule has 4 atom stereocenters. The molecule has 0 N–H and O–H groups in total. The highest BCUT2D eigenvalue weighted by molar-refractivity contribution is 5.81. The van der Waals surface area contributed by atoms with Gasteiger partial charge in [-0.2, -0.15) is 0 Å². The molecule has 3 rings (SSSR count). The van der Waals surface area contributed by atoms with Crippen molar-refractivity contribution in [2.24, 2.45) is 22.7 Å². The Hall–Kier alpha value is -0.790. The summed E-state index contributed by atoms with van der Waals surface area (Å²) in [6, 6.07) is 0. The van der Waals surface area contributed by atoms with E-state index in [4.69, 9.17) is 4.74 Å². The minimum absolute atomic E-state index is 0.0873. The van der Waals surface area contributed by atoms with Gasteiger partial charge in [-0.05, 0) is 36.5 Å². The van der Waals surface area contributed by atoms with E-state index in [0.717, 1.165) is 31.4 Å². The molecule has 1 aliphatic heterocycles. The van der Waals surface area contributed by atoms with Crippen LogP contribution in [-0.2, 0) is 9.53 Å². The van der Waals surface area contributed by atoms with Crippen molar-refractivity contribution in [3.63, 3.8) is 0 Å². The van der Waals surface area contributed by atoms with Crippen molar-refractivity contribution in [2.75, 3.05) is 0 Å². The van der Waals surface area contributed by atoms with Crippen molar-refractivity contribution >= 4 is 5.78 Å². The van der Waals surface area contributed by atoms with Crippen molar-refractivity contribution in [3.8, 4) is 0 Å². The summed E-state index contributed by atoms with van der Waals surface area (Å²) < 4.78 is 6.06. The van der Waals surface area contributed by atoms with Gasteiger partial charge in [-0.15, -0.1) is 0 Å². The van der Waals surface area contributed by atoms with Gasteiger partial charge in [-0.1, -0.05) is 27.4 Å². The summed E-state index contributed by atoms with van der Waals surface area (Å²) in [6.07, 6.45) is 4.70. The molecule has 3 fully saturated rings. The maximum Gasteiger partial charge on any atom is 0.134 e. The molecule has 106 valence electrons.